The van der Waals surface area contributed by atoms with Gasteiger partial charge in [0.25, 0.3) is 5.91 Å². The molecule has 1 aliphatic heterocycles. The highest BCUT2D eigenvalue weighted by molar-refractivity contribution is 5.94. The Labute approximate surface area is 141 Å². The monoisotopic (exact) mass is 353 g/mol. The first-order chi connectivity index (χ1) is 11.8. The van der Waals surface area contributed by atoms with Crippen LogP contribution in [0.3, 0.4) is 0 Å². The van der Waals surface area contributed by atoms with E-state index in [1.54, 1.807) is 25.1 Å². The van der Waals surface area contributed by atoms with Crippen molar-refractivity contribution >= 4 is 5.91 Å². The van der Waals surface area contributed by atoms with Crippen LogP contribution in [0.2, 0.25) is 0 Å². The zero-order valence-electron chi connectivity index (χ0n) is 13.1. The molecule has 0 fully saturated rings. The number of carbonyl (C=O) groups excluding carboxylic acids is 1. The molecule has 1 aliphatic rings. The summed E-state index contributed by atoms with van der Waals surface area (Å²) in [7, 11) is 0. The molecule has 3 rings (SSSR count). The van der Waals surface area contributed by atoms with Gasteiger partial charge in [-0.3, -0.25) is 4.79 Å². The van der Waals surface area contributed by atoms with Crippen molar-refractivity contribution in [2.45, 2.75) is 19.3 Å². The molecule has 2 aromatic carbocycles. The van der Waals surface area contributed by atoms with Gasteiger partial charge in [-0.1, -0.05) is 6.07 Å². The largest absolute Gasteiger partial charge is 0.573 e. The summed E-state index contributed by atoms with van der Waals surface area (Å²) >= 11 is 0. The quantitative estimate of drug-likeness (QED) is 0.908. The van der Waals surface area contributed by atoms with E-state index in [9.17, 15) is 18.0 Å². The fourth-order valence-corrected chi connectivity index (χ4v) is 2.35. The maximum absolute atomic E-state index is 12.2. The van der Waals surface area contributed by atoms with Crippen LogP contribution >= 0.6 is 0 Å². The summed E-state index contributed by atoms with van der Waals surface area (Å²) in [5.74, 6) is 0.450. The van der Waals surface area contributed by atoms with Crippen molar-refractivity contribution in [2.75, 3.05) is 6.79 Å². The van der Waals surface area contributed by atoms with Gasteiger partial charge in [0.2, 0.25) is 6.79 Å². The van der Waals surface area contributed by atoms with Crippen LogP contribution in [0, 0.1) is 0 Å². The number of amides is 1. The molecule has 1 atom stereocenters. The lowest BCUT2D eigenvalue weighted by Crippen LogP contribution is -2.26. The molecular formula is C17H14F3NO4. The maximum Gasteiger partial charge on any atom is 0.573 e. The number of nitrogens with one attached hydrogen (secondary N) is 1. The molecule has 1 N–H and O–H groups in total. The lowest BCUT2D eigenvalue weighted by molar-refractivity contribution is -0.274. The highest BCUT2D eigenvalue weighted by atomic mass is 19.4. The molecule has 0 radical (unpaired) electrons. The molecule has 1 unspecified atom stereocenters. The van der Waals surface area contributed by atoms with E-state index in [2.05, 4.69) is 10.1 Å². The topological polar surface area (TPSA) is 56.8 Å². The third-order valence-electron chi connectivity index (χ3n) is 3.59. The minimum absolute atomic E-state index is 0.159. The number of rotatable bonds is 4. The van der Waals surface area contributed by atoms with E-state index in [4.69, 9.17) is 9.47 Å². The van der Waals surface area contributed by atoms with Gasteiger partial charge in [-0.05, 0) is 48.9 Å². The third-order valence-corrected chi connectivity index (χ3v) is 3.59. The van der Waals surface area contributed by atoms with Gasteiger partial charge in [-0.2, -0.15) is 0 Å². The van der Waals surface area contributed by atoms with Gasteiger partial charge in [0, 0.05) is 5.56 Å². The number of hydrogen-bond acceptors (Lipinski definition) is 4. The number of fused-ring (bicyclic) bond motifs is 1. The molecule has 2 aromatic rings. The van der Waals surface area contributed by atoms with Crippen LogP contribution in [0.25, 0.3) is 0 Å². The summed E-state index contributed by atoms with van der Waals surface area (Å²) in [5.41, 5.74) is 1.04. The van der Waals surface area contributed by atoms with Crippen LogP contribution in [-0.2, 0) is 0 Å². The van der Waals surface area contributed by atoms with Gasteiger partial charge in [0.05, 0.1) is 6.04 Å². The molecule has 0 aromatic heterocycles. The van der Waals surface area contributed by atoms with E-state index in [0.29, 0.717) is 11.5 Å². The first-order valence-electron chi connectivity index (χ1n) is 7.38. The first kappa shape index (κ1) is 16.9. The molecule has 5 nitrogen and oxygen atoms in total. The molecule has 0 bridgehead atoms. The Balaban J connectivity index is 1.65. The second-order valence-corrected chi connectivity index (χ2v) is 5.38. The average molecular weight is 353 g/mol. The number of benzene rings is 2. The Morgan fingerprint density at radius 2 is 1.80 bits per heavy atom. The summed E-state index contributed by atoms with van der Waals surface area (Å²) in [6.07, 6.45) is -4.77. The van der Waals surface area contributed by atoms with E-state index in [1.807, 2.05) is 0 Å². The third kappa shape index (κ3) is 4.14. The Hall–Kier alpha value is -2.90. The Morgan fingerprint density at radius 3 is 2.48 bits per heavy atom. The molecule has 1 heterocycles. The summed E-state index contributed by atoms with van der Waals surface area (Å²) in [4.78, 5) is 12.2. The van der Waals surface area contributed by atoms with Crippen LogP contribution in [0.5, 0.6) is 17.2 Å². The van der Waals surface area contributed by atoms with Crippen LogP contribution in [0.4, 0.5) is 13.2 Å². The number of alkyl halides is 3. The van der Waals surface area contributed by atoms with Crippen LogP contribution in [0.1, 0.15) is 28.9 Å². The van der Waals surface area contributed by atoms with E-state index < -0.39 is 12.3 Å². The van der Waals surface area contributed by atoms with E-state index in [0.717, 1.165) is 17.7 Å². The number of carbonyl (C=O) groups is 1. The lowest BCUT2D eigenvalue weighted by atomic mass is 10.1. The van der Waals surface area contributed by atoms with Gasteiger partial charge >= 0.3 is 6.36 Å². The average Bonchev–Trinajstić information content (AvgIpc) is 3.01. The predicted octanol–water partition coefficient (Wildman–Crippen LogP) is 3.80. The van der Waals surface area contributed by atoms with Crippen molar-refractivity contribution in [2.24, 2.45) is 0 Å². The summed E-state index contributed by atoms with van der Waals surface area (Å²) < 4.78 is 50.7. The summed E-state index contributed by atoms with van der Waals surface area (Å²) in [5, 5.41) is 2.77. The first-order valence-corrected chi connectivity index (χ1v) is 7.38. The molecule has 0 aliphatic carbocycles. The van der Waals surface area contributed by atoms with Crippen molar-refractivity contribution in [3.8, 4) is 17.2 Å². The van der Waals surface area contributed by atoms with Crippen molar-refractivity contribution in [1.29, 1.82) is 0 Å². The lowest BCUT2D eigenvalue weighted by Gasteiger charge is -2.15. The van der Waals surface area contributed by atoms with Crippen LogP contribution in [-0.4, -0.2) is 19.1 Å². The molecule has 0 saturated carbocycles. The maximum atomic E-state index is 12.2. The minimum atomic E-state index is -4.77. The molecule has 25 heavy (non-hydrogen) atoms. The zero-order chi connectivity index (χ0) is 18.0. The van der Waals surface area contributed by atoms with Crippen LogP contribution < -0.4 is 19.5 Å². The second-order valence-electron chi connectivity index (χ2n) is 5.38. The Bertz CT molecular complexity index is 774. The second kappa shape index (κ2) is 6.54. The Morgan fingerprint density at radius 1 is 1.12 bits per heavy atom. The van der Waals surface area contributed by atoms with E-state index in [-0.39, 0.29) is 24.1 Å². The van der Waals surface area contributed by atoms with E-state index in [1.165, 1.54) is 12.1 Å². The Kier molecular flexibility index (Phi) is 4.43. The van der Waals surface area contributed by atoms with Gasteiger partial charge in [0.15, 0.2) is 11.5 Å². The fraction of sp³-hybridized carbons (Fsp3) is 0.235. The van der Waals surface area contributed by atoms with Gasteiger partial charge < -0.3 is 19.5 Å². The molecule has 8 heteroatoms. The number of halogens is 3. The smallest absolute Gasteiger partial charge is 0.454 e. The summed E-state index contributed by atoms with van der Waals surface area (Å²) in [6.45, 7) is 1.95. The fourth-order valence-electron chi connectivity index (χ4n) is 2.35. The normalized spacial score (nSPS) is 14.1. The number of hydrogen-bond donors (Lipinski definition) is 1. The minimum Gasteiger partial charge on any atom is -0.454 e. The number of ether oxygens (including phenoxy) is 3. The van der Waals surface area contributed by atoms with Crippen molar-refractivity contribution in [1.82, 2.24) is 5.32 Å². The molecular weight excluding hydrogens is 339 g/mol. The molecule has 0 saturated heterocycles. The van der Waals surface area contributed by atoms with Crippen molar-refractivity contribution in [3.63, 3.8) is 0 Å². The zero-order valence-corrected chi connectivity index (χ0v) is 13.1. The van der Waals surface area contributed by atoms with Gasteiger partial charge in [0.1, 0.15) is 5.75 Å². The molecule has 0 spiro atoms. The van der Waals surface area contributed by atoms with Gasteiger partial charge in [-0.15, -0.1) is 13.2 Å². The predicted molar refractivity (Wildman–Crippen MR) is 81.6 cm³/mol. The van der Waals surface area contributed by atoms with E-state index >= 15 is 0 Å². The molecule has 1 amide bonds. The highest BCUT2D eigenvalue weighted by Gasteiger charge is 2.31. The highest BCUT2D eigenvalue weighted by Crippen LogP contribution is 2.34. The molecule has 132 valence electrons. The van der Waals surface area contributed by atoms with Crippen LogP contribution in [0.15, 0.2) is 42.5 Å². The van der Waals surface area contributed by atoms with Crippen molar-refractivity contribution in [3.05, 3.63) is 53.6 Å². The summed E-state index contributed by atoms with van der Waals surface area (Å²) in [6, 6.07) is 9.72. The SMILES string of the molecule is CC(NC(=O)c1ccc(OC(F)(F)F)cc1)c1ccc2c(c1)OCO2. The van der Waals surface area contributed by atoms with Gasteiger partial charge in [-0.25, -0.2) is 0 Å². The standard InChI is InChI=1S/C17H14F3NO4/c1-10(12-4-7-14-15(8-12)24-9-23-14)21-16(22)11-2-5-13(6-3-11)25-17(18,19)20/h2-8,10H,9H2,1H3,(H,21,22). The van der Waals surface area contributed by atoms with Crippen molar-refractivity contribution < 1.29 is 32.2 Å².